The third-order valence-corrected chi connectivity index (χ3v) is 4.70. The number of nitrogens with one attached hydrogen (secondary N) is 1. The van der Waals surface area contributed by atoms with Gasteiger partial charge in [-0.3, -0.25) is 14.5 Å². The second kappa shape index (κ2) is 6.67. The third-order valence-electron chi connectivity index (χ3n) is 4.70. The monoisotopic (exact) mass is 355 g/mol. The molecule has 1 heterocycles. The van der Waals surface area contributed by atoms with E-state index >= 15 is 0 Å². The molecule has 2 amide bonds. The van der Waals surface area contributed by atoms with Crippen LogP contribution in [-0.2, 0) is 16.0 Å². The van der Waals surface area contributed by atoms with Gasteiger partial charge in [0.25, 0.3) is 0 Å². The molecule has 1 aliphatic carbocycles. The molecule has 0 bridgehead atoms. The van der Waals surface area contributed by atoms with Gasteiger partial charge in [-0.2, -0.15) is 13.2 Å². The molecule has 0 fully saturated rings. The zero-order valence-corrected chi connectivity index (χ0v) is 13.9. The number of aryl methyl sites for hydroxylation is 1. The van der Waals surface area contributed by atoms with E-state index < -0.39 is 18.6 Å². The summed E-state index contributed by atoms with van der Waals surface area (Å²) in [6.07, 6.45) is -1.86. The van der Waals surface area contributed by atoms with Gasteiger partial charge in [0.15, 0.2) is 0 Å². The van der Waals surface area contributed by atoms with Gasteiger partial charge in [-0.1, -0.05) is 12.1 Å². The topological polar surface area (TPSA) is 52.7 Å². The molecule has 1 atom stereocenters. The molecule has 8 heteroatoms. The number of rotatable bonds is 3. The molecule has 2 aliphatic rings. The van der Waals surface area contributed by atoms with E-state index in [1.165, 1.54) is 0 Å². The zero-order chi connectivity index (χ0) is 18.2. The maximum absolute atomic E-state index is 12.5. The largest absolute Gasteiger partial charge is 0.406 e. The van der Waals surface area contributed by atoms with E-state index in [1.54, 1.807) is 4.90 Å². The Hall–Kier alpha value is -2.09. The normalized spacial score (nSPS) is 20.5. The summed E-state index contributed by atoms with van der Waals surface area (Å²) in [7, 11) is 1.13. The Morgan fingerprint density at radius 2 is 2.16 bits per heavy atom. The van der Waals surface area contributed by atoms with E-state index in [4.69, 9.17) is 0 Å². The van der Waals surface area contributed by atoms with Crippen LogP contribution in [0.25, 0.3) is 0 Å². The third kappa shape index (κ3) is 3.95. The highest BCUT2D eigenvalue weighted by Gasteiger charge is 2.36. The molecule has 1 N–H and O–H groups in total. The van der Waals surface area contributed by atoms with E-state index in [0.717, 1.165) is 43.1 Å². The molecule has 0 saturated carbocycles. The standard InChI is InChI=1S/C17H20F3N3O2/c1-22(10-17(18,19)20)15(25)9-23-8-14(24)21-12-6-2-4-11-5-3-7-13(23)16(11)12/h2,4,6,13H,3,5,7-10H2,1H3,(H,21,24). The average molecular weight is 355 g/mol. The number of amides is 2. The van der Waals surface area contributed by atoms with Crippen molar-refractivity contribution in [3.05, 3.63) is 29.3 Å². The first-order valence-corrected chi connectivity index (χ1v) is 8.21. The number of carbonyl (C=O) groups excluding carboxylic acids is 2. The number of carbonyl (C=O) groups is 2. The highest BCUT2D eigenvalue weighted by atomic mass is 19.4. The molecule has 1 aromatic carbocycles. The lowest BCUT2D eigenvalue weighted by atomic mass is 9.86. The van der Waals surface area contributed by atoms with Gasteiger partial charge >= 0.3 is 6.18 Å². The van der Waals surface area contributed by atoms with Crippen LogP contribution in [0.4, 0.5) is 18.9 Å². The maximum atomic E-state index is 12.5. The first-order valence-electron chi connectivity index (χ1n) is 8.21. The van der Waals surface area contributed by atoms with Gasteiger partial charge in [-0.05, 0) is 36.5 Å². The van der Waals surface area contributed by atoms with Gasteiger partial charge in [0.05, 0.1) is 13.1 Å². The molecular formula is C17H20F3N3O2. The molecule has 0 saturated heterocycles. The molecular weight excluding hydrogens is 335 g/mol. The Balaban J connectivity index is 1.83. The predicted molar refractivity (Wildman–Crippen MR) is 86.0 cm³/mol. The first-order chi connectivity index (χ1) is 11.7. The van der Waals surface area contributed by atoms with E-state index in [2.05, 4.69) is 5.32 Å². The Bertz CT molecular complexity index is 690. The summed E-state index contributed by atoms with van der Waals surface area (Å²) in [6.45, 7) is -1.51. The molecule has 0 aromatic heterocycles. The van der Waals surface area contributed by atoms with E-state index in [1.807, 2.05) is 18.2 Å². The van der Waals surface area contributed by atoms with Crippen LogP contribution in [0.3, 0.4) is 0 Å². The number of hydrogen-bond donors (Lipinski definition) is 1. The SMILES string of the molecule is CN(CC(F)(F)F)C(=O)CN1CC(=O)Nc2cccc3c2C1CCC3. The van der Waals surface area contributed by atoms with Crippen LogP contribution >= 0.6 is 0 Å². The molecule has 1 aliphatic heterocycles. The smallest absolute Gasteiger partial charge is 0.336 e. The van der Waals surface area contributed by atoms with E-state index in [-0.39, 0.29) is 25.0 Å². The summed E-state index contributed by atoms with van der Waals surface area (Å²) in [5.41, 5.74) is 2.86. The van der Waals surface area contributed by atoms with Crippen molar-refractivity contribution in [1.82, 2.24) is 9.80 Å². The number of alkyl halides is 3. The van der Waals surface area contributed by atoms with Gasteiger partial charge in [-0.25, -0.2) is 0 Å². The highest BCUT2D eigenvalue weighted by Crippen LogP contribution is 2.40. The molecule has 1 unspecified atom stereocenters. The van der Waals surface area contributed by atoms with Crippen molar-refractivity contribution >= 4 is 17.5 Å². The van der Waals surface area contributed by atoms with Gasteiger partial charge in [0.1, 0.15) is 6.54 Å². The highest BCUT2D eigenvalue weighted by molar-refractivity contribution is 5.94. The molecule has 0 spiro atoms. The average Bonchev–Trinajstić information content (AvgIpc) is 2.64. The summed E-state index contributed by atoms with van der Waals surface area (Å²) in [4.78, 5) is 26.8. The lowest BCUT2D eigenvalue weighted by molar-refractivity contribution is -0.159. The van der Waals surface area contributed by atoms with Gasteiger partial charge in [-0.15, -0.1) is 0 Å². The predicted octanol–water partition coefficient (Wildman–Crippen LogP) is 2.34. The zero-order valence-electron chi connectivity index (χ0n) is 13.9. The minimum Gasteiger partial charge on any atom is -0.336 e. The number of nitrogens with zero attached hydrogens (tertiary/aromatic N) is 2. The summed E-state index contributed by atoms with van der Waals surface area (Å²) in [5.74, 6) is -0.897. The fourth-order valence-corrected chi connectivity index (χ4v) is 3.63. The maximum Gasteiger partial charge on any atom is 0.406 e. The van der Waals surface area contributed by atoms with Gasteiger partial charge in [0, 0.05) is 18.8 Å². The Morgan fingerprint density at radius 1 is 1.40 bits per heavy atom. The lowest BCUT2D eigenvalue weighted by Crippen LogP contribution is -2.45. The van der Waals surface area contributed by atoms with Crippen molar-refractivity contribution in [2.45, 2.75) is 31.5 Å². The number of hydrogen-bond acceptors (Lipinski definition) is 3. The van der Waals surface area contributed by atoms with Crippen LogP contribution in [0.1, 0.15) is 30.0 Å². The number of likely N-dealkylation sites (N-methyl/N-ethyl adjacent to an activating group) is 1. The Labute approximate surface area is 143 Å². The molecule has 136 valence electrons. The van der Waals surface area contributed by atoms with E-state index in [9.17, 15) is 22.8 Å². The molecule has 0 radical (unpaired) electrons. The minimum atomic E-state index is -4.44. The summed E-state index contributed by atoms with van der Waals surface area (Å²) in [5, 5.41) is 2.85. The van der Waals surface area contributed by atoms with Crippen molar-refractivity contribution < 1.29 is 22.8 Å². The van der Waals surface area contributed by atoms with Crippen molar-refractivity contribution in [3.63, 3.8) is 0 Å². The second-order valence-corrected chi connectivity index (χ2v) is 6.60. The fraction of sp³-hybridized carbons (Fsp3) is 0.529. The first kappa shape index (κ1) is 17.7. The lowest BCUT2D eigenvalue weighted by Gasteiger charge is -2.34. The molecule has 5 nitrogen and oxygen atoms in total. The van der Waals surface area contributed by atoms with Crippen LogP contribution < -0.4 is 5.32 Å². The number of halogens is 3. The number of benzene rings is 1. The Kier molecular flexibility index (Phi) is 4.73. The summed E-state index contributed by atoms with van der Waals surface area (Å²) >= 11 is 0. The van der Waals surface area contributed by atoms with Crippen LogP contribution in [0, 0.1) is 0 Å². The summed E-state index contributed by atoms with van der Waals surface area (Å²) in [6, 6.07) is 5.57. The van der Waals surface area contributed by atoms with Crippen LogP contribution in [0.2, 0.25) is 0 Å². The molecule has 25 heavy (non-hydrogen) atoms. The van der Waals surface area contributed by atoms with Crippen molar-refractivity contribution in [3.8, 4) is 0 Å². The van der Waals surface area contributed by atoms with Crippen LogP contribution in [0.15, 0.2) is 18.2 Å². The Morgan fingerprint density at radius 3 is 2.88 bits per heavy atom. The van der Waals surface area contributed by atoms with Gasteiger partial charge < -0.3 is 10.2 Å². The van der Waals surface area contributed by atoms with Crippen LogP contribution in [-0.4, -0.2) is 54.5 Å². The second-order valence-electron chi connectivity index (χ2n) is 6.60. The van der Waals surface area contributed by atoms with Crippen molar-refractivity contribution in [1.29, 1.82) is 0 Å². The van der Waals surface area contributed by atoms with Crippen molar-refractivity contribution in [2.24, 2.45) is 0 Å². The molecule has 3 rings (SSSR count). The summed E-state index contributed by atoms with van der Waals surface area (Å²) < 4.78 is 37.5. The van der Waals surface area contributed by atoms with Gasteiger partial charge in [0.2, 0.25) is 11.8 Å². The van der Waals surface area contributed by atoms with E-state index in [0.29, 0.717) is 4.90 Å². The number of anilines is 1. The quantitative estimate of drug-likeness (QED) is 0.906. The van der Waals surface area contributed by atoms with Crippen LogP contribution in [0.5, 0.6) is 0 Å². The minimum absolute atomic E-state index is 0.00954. The fourth-order valence-electron chi connectivity index (χ4n) is 3.63. The molecule has 1 aromatic rings. The van der Waals surface area contributed by atoms with Crippen molar-refractivity contribution in [2.75, 3.05) is 32.0 Å².